The van der Waals surface area contributed by atoms with Crippen molar-refractivity contribution in [2.75, 3.05) is 0 Å². The average Bonchev–Trinajstić information content (AvgIpc) is 3.32. The van der Waals surface area contributed by atoms with Gasteiger partial charge >= 0.3 is 5.97 Å². The molecule has 0 radical (unpaired) electrons. The SMILES string of the molecule is C=C(C)C(=O)OCc1c2ccccc2c(Cn2cc(-c3ccccc3)nn2)c2ccccc12. The Bertz CT molecular complexity index is 1430. The molecule has 0 spiro atoms. The summed E-state index contributed by atoms with van der Waals surface area (Å²) in [5.74, 6) is -0.386. The van der Waals surface area contributed by atoms with E-state index in [-0.39, 0.29) is 12.6 Å². The van der Waals surface area contributed by atoms with Gasteiger partial charge in [0.1, 0.15) is 12.3 Å². The summed E-state index contributed by atoms with van der Waals surface area (Å²) in [6.45, 7) is 6.11. The fourth-order valence-electron chi connectivity index (χ4n) is 4.17. The second-order valence-corrected chi connectivity index (χ2v) is 8.07. The summed E-state index contributed by atoms with van der Waals surface area (Å²) >= 11 is 0. The fourth-order valence-corrected chi connectivity index (χ4v) is 4.17. The zero-order valence-electron chi connectivity index (χ0n) is 18.4. The average molecular weight is 434 g/mol. The fraction of sp³-hybridized carbons (Fsp3) is 0.107. The van der Waals surface area contributed by atoms with Gasteiger partial charge in [-0.3, -0.25) is 0 Å². The Balaban J connectivity index is 1.61. The van der Waals surface area contributed by atoms with Gasteiger partial charge in [-0.05, 0) is 34.0 Å². The molecule has 0 saturated heterocycles. The summed E-state index contributed by atoms with van der Waals surface area (Å²) < 4.78 is 7.42. The first-order chi connectivity index (χ1) is 16.1. The summed E-state index contributed by atoms with van der Waals surface area (Å²) in [7, 11) is 0. The minimum atomic E-state index is -0.386. The first-order valence-corrected chi connectivity index (χ1v) is 10.8. The maximum atomic E-state index is 12.1. The molecule has 0 fully saturated rings. The Hall–Kier alpha value is -4.25. The van der Waals surface area contributed by atoms with Crippen LogP contribution in [0.3, 0.4) is 0 Å². The topological polar surface area (TPSA) is 57.0 Å². The summed E-state index contributed by atoms with van der Waals surface area (Å²) in [5, 5.41) is 13.1. The molecule has 0 unspecified atom stereocenters. The lowest BCUT2D eigenvalue weighted by Crippen LogP contribution is -2.07. The third kappa shape index (κ3) is 4.01. The first-order valence-electron chi connectivity index (χ1n) is 10.8. The number of carbonyl (C=O) groups excluding carboxylic acids is 1. The third-order valence-corrected chi connectivity index (χ3v) is 5.78. The molecular formula is C28H23N3O2. The summed E-state index contributed by atoms with van der Waals surface area (Å²) in [5.41, 5.74) is 4.41. The van der Waals surface area contributed by atoms with Crippen molar-refractivity contribution in [1.82, 2.24) is 15.0 Å². The van der Waals surface area contributed by atoms with Crippen LogP contribution in [0.4, 0.5) is 0 Å². The molecule has 0 aliphatic rings. The highest BCUT2D eigenvalue weighted by Gasteiger charge is 2.16. The number of fused-ring (bicyclic) bond motifs is 2. The molecule has 5 nitrogen and oxygen atoms in total. The molecule has 162 valence electrons. The van der Waals surface area contributed by atoms with Crippen LogP contribution < -0.4 is 0 Å². The maximum Gasteiger partial charge on any atom is 0.333 e. The number of benzene rings is 4. The Morgan fingerprint density at radius 1 is 0.848 bits per heavy atom. The molecule has 33 heavy (non-hydrogen) atoms. The standard InChI is InChI=1S/C28H23N3O2/c1-19(2)28(32)33-18-26-23-14-8-6-12-21(23)25(22-13-7-9-15-24(22)26)16-31-17-27(29-30-31)20-10-4-3-5-11-20/h3-15,17H,1,16,18H2,2H3. The summed E-state index contributed by atoms with van der Waals surface area (Å²) in [6, 6.07) is 26.5. The van der Waals surface area contributed by atoms with E-state index in [0.29, 0.717) is 12.1 Å². The molecule has 0 saturated carbocycles. The van der Waals surface area contributed by atoms with E-state index in [1.165, 1.54) is 0 Å². The second kappa shape index (κ2) is 8.71. The van der Waals surface area contributed by atoms with Crippen molar-refractivity contribution < 1.29 is 9.53 Å². The Kier molecular flexibility index (Phi) is 5.45. The van der Waals surface area contributed by atoms with Gasteiger partial charge in [-0.25, -0.2) is 9.48 Å². The van der Waals surface area contributed by atoms with Gasteiger partial charge in [0.15, 0.2) is 0 Å². The van der Waals surface area contributed by atoms with Crippen molar-refractivity contribution >= 4 is 27.5 Å². The van der Waals surface area contributed by atoms with Crippen LogP contribution >= 0.6 is 0 Å². The van der Waals surface area contributed by atoms with Crippen LogP contribution in [0.1, 0.15) is 18.1 Å². The molecule has 0 aliphatic heterocycles. The molecule has 1 aromatic heterocycles. The van der Waals surface area contributed by atoms with Crippen molar-refractivity contribution in [3.63, 3.8) is 0 Å². The molecule has 0 aliphatic carbocycles. The van der Waals surface area contributed by atoms with Crippen LogP contribution in [0.15, 0.2) is 97.2 Å². The third-order valence-electron chi connectivity index (χ3n) is 5.78. The van der Waals surface area contributed by atoms with Crippen LogP contribution in [0.5, 0.6) is 0 Å². The van der Waals surface area contributed by atoms with Gasteiger partial charge in [-0.15, -0.1) is 5.10 Å². The van der Waals surface area contributed by atoms with Gasteiger partial charge in [-0.1, -0.05) is 90.7 Å². The number of esters is 1. The lowest BCUT2D eigenvalue weighted by Gasteiger charge is -2.17. The molecule has 5 heteroatoms. The zero-order valence-corrected chi connectivity index (χ0v) is 18.4. The molecule has 4 aromatic carbocycles. The highest BCUT2D eigenvalue weighted by atomic mass is 16.5. The van der Waals surface area contributed by atoms with E-state index in [4.69, 9.17) is 4.74 Å². The van der Waals surface area contributed by atoms with Gasteiger partial charge in [0, 0.05) is 16.7 Å². The zero-order chi connectivity index (χ0) is 22.8. The van der Waals surface area contributed by atoms with Gasteiger partial charge in [0.2, 0.25) is 0 Å². The van der Waals surface area contributed by atoms with Crippen molar-refractivity contribution in [3.05, 3.63) is 108 Å². The Morgan fingerprint density at radius 3 is 1.97 bits per heavy atom. The first kappa shape index (κ1) is 20.6. The molecule has 0 amide bonds. The normalized spacial score (nSPS) is 11.1. The predicted octanol–water partition coefficient (Wildman–Crippen LogP) is 5.92. The van der Waals surface area contributed by atoms with Crippen LogP contribution in [0, 0.1) is 0 Å². The highest BCUT2D eigenvalue weighted by Crippen LogP contribution is 2.34. The van der Waals surface area contributed by atoms with Crippen molar-refractivity contribution in [3.8, 4) is 11.3 Å². The molecule has 1 heterocycles. The highest BCUT2D eigenvalue weighted by molar-refractivity contribution is 6.06. The van der Waals surface area contributed by atoms with E-state index in [0.717, 1.165) is 43.9 Å². The maximum absolute atomic E-state index is 12.1. The predicted molar refractivity (Wildman–Crippen MR) is 131 cm³/mol. The van der Waals surface area contributed by atoms with Crippen molar-refractivity contribution in [2.24, 2.45) is 0 Å². The largest absolute Gasteiger partial charge is 0.457 e. The minimum absolute atomic E-state index is 0.189. The number of hydrogen-bond donors (Lipinski definition) is 0. The number of nitrogens with zero attached hydrogens (tertiary/aromatic N) is 3. The van der Waals surface area contributed by atoms with E-state index in [9.17, 15) is 4.79 Å². The monoisotopic (exact) mass is 433 g/mol. The van der Waals surface area contributed by atoms with E-state index in [1.54, 1.807) is 6.92 Å². The van der Waals surface area contributed by atoms with E-state index in [2.05, 4.69) is 41.2 Å². The van der Waals surface area contributed by atoms with Gasteiger partial charge in [-0.2, -0.15) is 0 Å². The van der Waals surface area contributed by atoms with Gasteiger partial charge in [0.05, 0.1) is 12.7 Å². The van der Waals surface area contributed by atoms with Gasteiger partial charge < -0.3 is 4.74 Å². The molecule has 5 aromatic rings. The molecular weight excluding hydrogens is 410 g/mol. The van der Waals surface area contributed by atoms with Crippen LogP contribution in [-0.4, -0.2) is 21.0 Å². The lowest BCUT2D eigenvalue weighted by atomic mass is 9.92. The number of rotatable bonds is 6. The molecule has 0 atom stereocenters. The number of ether oxygens (including phenoxy) is 1. The van der Waals surface area contributed by atoms with Crippen LogP contribution in [0.2, 0.25) is 0 Å². The molecule has 0 N–H and O–H groups in total. The van der Waals surface area contributed by atoms with E-state index >= 15 is 0 Å². The Morgan fingerprint density at radius 2 is 1.39 bits per heavy atom. The van der Waals surface area contributed by atoms with E-state index < -0.39 is 0 Å². The minimum Gasteiger partial charge on any atom is -0.457 e. The molecule has 5 rings (SSSR count). The van der Waals surface area contributed by atoms with Crippen molar-refractivity contribution in [2.45, 2.75) is 20.1 Å². The summed E-state index contributed by atoms with van der Waals surface area (Å²) in [4.78, 5) is 12.1. The number of carbonyl (C=O) groups is 1. The number of hydrogen-bond acceptors (Lipinski definition) is 4. The summed E-state index contributed by atoms with van der Waals surface area (Å²) in [6.07, 6.45) is 1.97. The lowest BCUT2D eigenvalue weighted by molar-refractivity contribution is -0.140. The van der Waals surface area contributed by atoms with E-state index in [1.807, 2.05) is 65.5 Å². The van der Waals surface area contributed by atoms with Gasteiger partial charge in [0.25, 0.3) is 0 Å². The molecule has 0 bridgehead atoms. The number of aromatic nitrogens is 3. The smallest absolute Gasteiger partial charge is 0.333 e. The van der Waals surface area contributed by atoms with Crippen LogP contribution in [-0.2, 0) is 22.7 Å². The van der Waals surface area contributed by atoms with Crippen molar-refractivity contribution in [1.29, 1.82) is 0 Å². The quantitative estimate of drug-likeness (QED) is 0.189. The van der Waals surface area contributed by atoms with Crippen LogP contribution in [0.25, 0.3) is 32.8 Å². The second-order valence-electron chi connectivity index (χ2n) is 8.07. The Labute approximate surface area is 191 Å².